The van der Waals surface area contributed by atoms with Gasteiger partial charge in [0, 0.05) is 6.42 Å². The Labute approximate surface area is 125 Å². The van der Waals surface area contributed by atoms with Gasteiger partial charge in [-0.3, -0.25) is 4.79 Å². The monoisotopic (exact) mass is 289 g/mol. The van der Waals surface area contributed by atoms with Crippen molar-refractivity contribution in [3.05, 3.63) is 71.8 Å². The number of carbonyl (C=O) groups excluding carboxylic acids is 1. The fourth-order valence-corrected chi connectivity index (χ4v) is 1.79. The molecule has 0 aliphatic heterocycles. The highest BCUT2D eigenvalue weighted by Crippen LogP contribution is 2.03. The van der Waals surface area contributed by atoms with Crippen molar-refractivity contribution < 1.29 is 4.79 Å². The molecular weight excluding hydrogens is 270 g/mol. The molecule has 106 valence electrons. The number of hydrogen-bond donors (Lipinski definition) is 1. The van der Waals surface area contributed by atoms with Crippen molar-refractivity contribution in [1.29, 1.82) is 0 Å². The summed E-state index contributed by atoms with van der Waals surface area (Å²) in [6.45, 7) is 0.740. The van der Waals surface area contributed by atoms with Gasteiger partial charge >= 0.3 is 0 Å². The number of carbonyl (C=O) groups is 1. The molecule has 0 bridgehead atoms. The van der Waals surface area contributed by atoms with Gasteiger partial charge in [-0.1, -0.05) is 60.7 Å². The van der Waals surface area contributed by atoms with Crippen molar-refractivity contribution in [1.82, 2.24) is 0 Å². The van der Waals surface area contributed by atoms with Gasteiger partial charge in [0.05, 0.1) is 0 Å². The van der Waals surface area contributed by atoms with Crippen LogP contribution in [0, 0.1) is 0 Å². The maximum Gasteiger partial charge on any atom is 0.221 e. The SMILES string of the molecule is NCCc1ccccc1.O=C(Cl)CCc1ccccc1. The van der Waals surface area contributed by atoms with Crippen LogP contribution in [-0.2, 0) is 17.6 Å². The number of halogens is 1. The Morgan fingerprint density at radius 1 is 0.850 bits per heavy atom. The molecule has 0 heterocycles. The summed E-state index contributed by atoms with van der Waals surface area (Å²) >= 11 is 5.19. The van der Waals surface area contributed by atoms with Gasteiger partial charge in [-0.15, -0.1) is 0 Å². The van der Waals surface area contributed by atoms with Gasteiger partial charge < -0.3 is 5.73 Å². The summed E-state index contributed by atoms with van der Waals surface area (Å²) in [5.74, 6) is 0. The molecule has 0 atom stereocenters. The third kappa shape index (κ3) is 7.72. The molecule has 2 aromatic rings. The molecule has 2 N–H and O–H groups in total. The second kappa shape index (κ2) is 10.2. The average Bonchev–Trinajstić information content (AvgIpc) is 2.48. The molecule has 0 radical (unpaired) electrons. The summed E-state index contributed by atoms with van der Waals surface area (Å²) in [6, 6.07) is 20.1. The van der Waals surface area contributed by atoms with E-state index in [2.05, 4.69) is 12.1 Å². The Bertz CT molecular complexity index is 485. The van der Waals surface area contributed by atoms with Crippen LogP contribution < -0.4 is 5.73 Å². The Morgan fingerprint density at radius 2 is 1.30 bits per heavy atom. The normalized spacial score (nSPS) is 9.50. The van der Waals surface area contributed by atoms with Crippen LogP contribution in [0.4, 0.5) is 0 Å². The van der Waals surface area contributed by atoms with Crippen LogP contribution >= 0.6 is 11.6 Å². The van der Waals surface area contributed by atoms with Gasteiger partial charge in [-0.05, 0) is 42.1 Å². The molecule has 2 nitrogen and oxygen atoms in total. The van der Waals surface area contributed by atoms with Crippen molar-refractivity contribution in [3.63, 3.8) is 0 Å². The second-order valence-electron chi connectivity index (χ2n) is 4.36. The van der Waals surface area contributed by atoms with Crippen LogP contribution in [0.3, 0.4) is 0 Å². The van der Waals surface area contributed by atoms with E-state index in [9.17, 15) is 4.79 Å². The van der Waals surface area contributed by atoms with E-state index in [0.717, 1.165) is 24.9 Å². The number of benzene rings is 2. The van der Waals surface area contributed by atoms with Gasteiger partial charge in [0.25, 0.3) is 0 Å². The summed E-state index contributed by atoms with van der Waals surface area (Å²) in [7, 11) is 0. The standard InChI is InChI=1S/C9H9ClO.C8H11N/c10-9(11)7-6-8-4-2-1-3-5-8;9-7-6-8-4-2-1-3-5-8/h1-5H,6-7H2;1-5H,6-7,9H2. The largest absolute Gasteiger partial charge is 0.330 e. The van der Waals surface area contributed by atoms with Crippen LogP contribution in [0.2, 0.25) is 0 Å². The highest BCUT2D eigenvalue weighted by Gasteiger charge is 1.96. The van der Waals surface area contributed by atoms with E-state index in [0.29, 0.717) is 6.42 Å². The van der Waals surface area contributed by atoms with E-state index < -0.39 is 0 Å². The molecular formula is C17H20ClNO. The zero-order valence-corrected chi connectivity index (χ0v) is 12.2. The van der Waals surface area contributed by atoms with Crippen molar-refractivity contribution in [3.8, 4) is 0 Å². The van der Waals surface area contributed by atoms with Gasteiger partial charge in [0.1, 0.15) is 0 Å². The molecule has 3 heteroatoms. The lowest BCUT2D eigenvalue weighted by atomic mass is 10.1. The van der Waals surface area contributed by atoms with Gasteiger partial charge in [0.2, 0.25) is 5.24 Å². The lowest BCUT2D eigenvalue weighted by molar-refractivity contribution is -0.111. The molecule has 0 aliphatic carbocycles. The van der Waals surface area contributed by atoms with Crippen LogP contribution in [-0.4, -0.2) is 11.8 Å². The van der Waals surface area contributed by atoms with Gasteiger partial charge in [-0.25, -0.2) is 0 Å². The molecule has 0 fully saturated rings. The van der Waals surface area contributed by atoms with Crippen molar-refractivity contribution in [2.24, 2.45) is 5.73 Å². The lowest BCUT2D eigenvalue weighted by Gasteiger charge is -1.95. The lowest BCUT2D eigenvalue weighted by Crippen LogP contribution is -2.01. The maximum absolute atomic E-state index is 10.4. The molecule has 0 spiro atoms. The minimum Gasteiger partial charge on any atom is -0.330 e. The number of hydrogen-bond acceptors (Lipinski definition) is 2. The van der Waals surface area contributed by atoms with E-state index in [-0.39, 0.29) is 5.24 Å². The van der Waals surface area contributed by atoms with E-state index in [1.165, 1.54) is 5.56 Å². The summed E-state index contributed by atoms with van der Waals surface area (Å²) in [6.07, 6.45) is 2.15. The zero-order valence-electron chi connectivity index (χ0n) is 11.5. The minimum absolute atomic E-state index is 0.270. The molecule has 0 saturated heterocycles. The number of aryl methyl sites for hydroxylation is 1. The van der Waals surface area contributed by atoms with Gasteiger partial charge in [0.15, 0.2) is 0 Å². The maximum atomic E-state index is 10.4. The van der Waals surface area contributed by atoms with Crippen molar-refractivity contribution in [2.75, 3.05) is 6.54 Å². The van der Waals surface area contributed by atoms with E-state index in [1.807, 2.05) is 48.5 Å². The fourth-order valence-electron chi connectivity index (χ4n) is 1.70. The highest BCUT2D eigenvalue weighted by molar-refractivity contribution is 6.63. The molecule has 0 amide bonds. The first kappa shape index (κ1) is 16.4. The average molecular weight is 290 g/mol. The molecule has 2 rings (SSSR count). The Kier molecular flexibility index (Phi) is 8.36. The van der Waals surface area contributed by atoms with E-state index in [1.54, 1.807) is 0 Å². The summed E-state index contributed by atoms with van der Waals surface area (Å²) in [4.78, 5) is 10.4. The predicted molar refractivity (Wildman–Crippen MR) is 84.8 cm³/mol. The van der Waals surface area contributed by atoms with Gasteiger partial charge in [-0.2, -0.15) is 0 Å². The van der Waals surface area contributed by atoms with Crippen LogP contribution in [0.1, 0.15) is 17.5 Å². The Hall–Kier alpha value is -1.64. The summed E-state index contributed by atoms with van der Waals surface area (Å²) in [5.41, 5.74) is 7.83. The van der Waals surface area contributed by atoms with E-state index in [4.69, 9.17) is 17.3 Å². The molecule has 0 unspecified atom stereocenters. The van der Waals surface area contributed by atoms with Crippen LogP contribution in [0.25, 0.3) is 0 Å². The predicted octanol–water partition coefficient (Wildman–Crippen LogP) is 3.57. The molecule has 2 aromatic carbocycles. The van der Waals surface area contributed by atoms with Crippen LogP contribution in [0.15, 0.2) is 60.7 Å². The fraction of sp³-hybridized carbons (Fsp3) is 0.235. The molecule has 20 heavy (non-hydrogen) atoms. The van der Waals surface area contributed by atoms with Crippen LogP contribution in [0.5, 0.6) is 0 Å². The van der Waals surface area contributed by atoms with Crippen molar-refractivity contribution >= 4 is 16.8 Å². The molecule has 0 saturated carbocycles. The highest BCUT2D eigenvalue weighted by atomic mass is 35.5. The Balaban J connectivity index is 0.000000204. The second-order valence-corrected chi connectivity index (χ2v) is 4.79. The van der Waals surface area contributed by atoms with Crippen molar-refractivity contribution in [2.45, 2.75) is 19.3 Å². The summed E-state index contributed by atoms with van der Waals surface area (Å²) in [5, 5.41) is -0.270. The quantitative estimate of drug-likeness (QED) is 0.855. The first-order chi connectivity index (χ1) is 9.72. The summed E-state index contributed by atoms with van der Waals surface area (Å²) < 4.78 is 0. The Morgan fingerprint density at radius 3 is 1.70 bits per heavy atom. The third-order valence-electron chi connectivity index (χ3n) is 2.73. The first-order valence-corrected chi connectivity index (χ1v) is 7.06. The molecule has 0 aliphatic rings. The number of nitrogens with two attached hydrogens (primary N) is 1. The minimum atomic E-state index is -0.270. The third-order valence-corrected chi connectivity index (χ3v) is 2.92. The van der Waals surface area contributed by atoms with E-state index >= 15 is 0 Å². The number of rotatable bonds is 5. The molecule has 0 aromatic heterocycles. The topological polar surface area (TPSA) is 43.1 Å². The first-order valence-electron chi connectivity index (χ1n) is 6.68. The smallest absolute Gasteiger partial charge is 0.221 e. The zero-order chi connectivity index (χ0) is 14.6.